The van der Waals surface area contributed by atoms with Crippen LogP contribution < -0.4 is 4.90 Å². The highest BCUT2D eigenvalue weighted by Crippen LogP contribution is 2.32. The van der Waals surface area contributed by atoms with Crippen molar-refractivity contribution in [2.45, 2.75) is 38.1 Å². The van der Waals surface area contributed by atoms with E-state index in [1.807, 2.05) is 7.05 Å². The standard InChI is InChI=1S/C22H27N3O/c1-23-21-10-6-5-9-19(21)16-25(22(23)17-26)20-11-13-24(14-12-20)15-18-7-3-2-4-8-18/h2-10,17,20,22H,11-16H2,1H3. The second-order valence-corrected chi connectivity index (χ2v) is 7.45. The van der Waals surface area contributed by atoms with Crippen molar-refractivity contribution in [2.24, 2.45) is 0 Å². The van der Waals surface area contributed by atoms with Crippen LogP contribution in [0, 0.1) is 0 Å². The summed E-state index contributed by atoms with van der Waals surface area (Å²) in [6.07, 6.45) is 3.18. The molecule has 0 saturated carbocycles. The van der Waals surface area contributed by atoms with E-state index >= 15 is 0 Å². The number of rotatable bonds is 4. The van der Waals surface area contributed by atoms with E-state index in [1.54, 1.807) is 0 Å². The van der Waals surface area contributed by atoms with Gasteiger partial charge in [-0.1, -0.05) is 48.5 Å². The van der Waals surface area contributed by atoms with Gasteiger partial charge in [0.2, 0.25) is 0 Å². The fraction of sp³-hybridized carbons (Fsp3) is 0.409. The first-order valence-electron chi connectivity index (χ1n) is 9.54. The lowest BCUT2D eigenvalue weighted by Gasteiger charge is -2.47. The Bertz CT molecular complexity index is 740. The Morgan fingerprint density at radius 3 is 2.42 bits per heavy atom. The first-order valence-corrected chi connectivity index (χ1v) is 9.54. The monoisotopic (exact) mass is 349 g/mol. The Labute approximate surface area is 156 Å². The molecule has 0 bridgehead atoms. The minimum absolute atomic E-state index is 0.157. The molecule has 0 spiro atoms. The molecule has 0 N–H and O–H groups in total. The maximum Gasteiger partial charge on any atom is 0.157 e. The summed E-state index contributed by atoms with van der Waals surface area (Å²) in [6.45, 7) is 4.07. The molecule has 1 atom stereocenters. The molecule has 2 aromatic carbocycles. The Morgan fingerprint density at radius 2 is 1.69 bits per heavy atom. The number of carbonyl (C=O) groups is 1. The number of piperidine rings is 1. The lowest BCUT2D eigenvalue weighted by molar-refractivity contribution is -0.114. The lowest BCUT2D eigenvalue weighted by Crippen LogP contribution is -2.57. The maximum absolute atomic E-state index is 11.8. The number of para-hydroxylation sites is 1. The molecule has 1 saturated heterocycles. The van der Waals surface area contributed by atoms with Crippen molar-refractivity contribution in [1.29, 1.82) is 0 Å². The van der Waals surface area contributed by atoms with Crippen LogP contribution in [0.5, 0.6) is 0 Å². The summed E-state index contributed by atoms with van der Waals surface area (Å²) in [6, 6.07) is 19.6. The van der Waals surface area contributed by atoms with Crippen molar-refractivity contribution in [3.05, 3.63) is 65.7 Å². The third-order valence-corrected chi connectivity index (χ3v) is 5.86. The van der Waals surface area contributed by atoms with E-state index in [9.17, 15) is 4.79 Å². The van der Waals surface area contributed by atoms with Crippen molar-refractivity contribution in [1.82, 2.24) is 9.80 Å². The number of carbonyl (C=O) groups excluding carboxylic acids is 1. The molecule has 4 nitrogen and oxygen atoms in total. The van der Waals surface area contributed by atoms with Crippen molar-refractivity contribution in [3.63, 3.8) is 0 Å². The molecular formula is C22H27N3O. The third-order valence-electron chi connectivity index (χ3n) is 5.86. The molecule has 2 heterocycles. The second kappa shape index (κ2) is 7.60. The Kier molecular flexibility index (Phi) is 5.05. The number of fused-ring (bicyclic) bond motifs is 1. The largest absolute Gasteiger partial charge is 0.352 e. The van der Waals surface area contributed by atoms with Gasteiger partial charge in [-0.3, -0.25) is 14.6 Å². The zero-order valence-corrected chi connectivity index (χ0v) is 15.4. The summed E-state index contributed by atoms with van der Waals surface area (Å²) in [5.74, 6) is 0. The van der Waals surface area contributed by atoms with E-state index in [0.29, 0.717) is 6.04 Å². The van der Waals surface area contributed by atoms with Crippen molar-refractivity contribution >= 4 is 12.0 Å². The van der Waals surface area contributed by atoms with Crippen molar-refractivity contribution < 1.29 is 4.79 Å². The van der Waals surface area contributed by atoms with Gasteiger partial charge in [-0.2, -0.15) is 0 Å². The van der Waals surface area contributed by atoms with E-state index in [2.05, 4.69) is 69.3 Å². The molecule has 136 valence electrons. The van der Waals surface area contributed by atoms with Gasteiger partial charge in [0, 0.05) is 31.9 Å². The van der Waals surface area contributed by atoms with Crippen LogP contribution in [-0.2, 0) is 17.9 Å². The molecule has 0 aliphatic carbocycles. The van der Waals surface area contributed by atoms with Gasteiger partial charge in [-0.05, 0) is 43.1 Å². The first-order chi connectivity index (χ1) is 12.8. The molecular weight excluding hydrogens is 322 g/mol. The number of aldehydes is 1. The molecule has 0 amide bonds. The minimum Gasteiger partial charge on any atom is -0.352 e. The van der Waals surface area contributed by atoms with E-state index in [1.165, 1.54) is 16.8 Å². The smallest absolute Gasteiger partial charge is 0.157 e. The van der Waals surface area contributed by atoms with Gasteiger partial charge < -0.3 is 4.90 Å². The Balaban J connectivity index is 1.43. The first kappa shape index (κ1) is 17.3. The number of likely N-dealkylation sites (N-methyl/N-ethyl adjacent to an activating group) is 1. The molecule has 0 aromatic heterocycles. The average molecular weight is 349 g/mol. The summed E-state index contributed by atoms with van der Waals surface area (Å²) in [5, 5.41) is 0. The summed E-state index contributed by atoms with van der Waals surface area (Å²) >= 11 is 0. The average Bonchev–Trinajstić information content (AvgIpc) is 2.69. The maximum atomic E-state index is 11.8. The van der Waals surface area contributed by atoms with Gasteiger partial charge in [0.05, 0.1) is 0 Å². The highest BCUT2D eigenvalue weighted by Gasteiger charge is 2.35. The highest BCUT2D eigenvalue weighted by molar-refractivity contribution is 5.68. The van der Waals surface area contributed by atoms with Crippen LogP contribution in [0.4, 0.5) is 5.69 Å². The number of hydrogen-bond donors (Lipinski definition) is 0. The van der Waals surface area contributed by atoms with Gasteiger partial charge in [0.1, 0.15) is 6.17 Å². The quantitative estimate of drug-likeness (QED) is 0.793. The molecule has 26 heavy (non-hydrogen) atoms. The van der Waals surface area contributed by atoms with Crippen LogP contribution in [0.25, 0.3) is 0 Å². The van der Waals surface area contributed by atoms with Gasteiger partial charge in [-0.25, -0.2) is 0 Å². The molecule has 2 aromatic rings. The lowest BCUT2D eigenvalue weighted by atomic mass is 9.98. The van der Waals surface area contributed by atoms with Gasteiger partial charge in [0.25, 0.3) is 0 Å². The number of nitrogens with zero attached hydrogens (tertiary/aromatic N) is 3. The third kappa shape index (κ3) is 3.39. The number of likely N-dealkylation sites (tertiary alicyclic amines) is 1. The summed E-state index contributed by atoms with van der Waals surface area (Å²) in [5.41, 5.74) is 3.88. The van der Waals surface area contributed by atoms with Crippen LogP contribution in [0.3, 0.4) is 0 Å². The zero-order chi connectivity index (χ0) is 17.9. The molecule has 4 rings (SSSR count). The predicted octanol–water partition coefficient (Wildman–Crippen LogP) is 3.13. The molecule has 1 fully saturated rings. The zero-order valence-electron chi connectivity index (χ0n) is 15.4. The van der Waals surface area contributed by atoms with Crippen molar-refractivity contribution in [2.75, 3.05) is 25.0 Å². The van der Waals surface area contributed by atoms with Crippen molar-refractivity contribution in [3.8, 4) is 0 Å². The van der Waals surface area contributed by atoms with Gasteiger partial charge in [-0.15, -0.1) is 0 Å². The van der Waals surface area contributed by atoms with Gasteiger partial charge in [0.15, 0.2) is 6.29 Å². The topological polar surface area (TPSA) is 26.8 Å². The minimum atomic E-state index is -0.157. The Hall–Kier alpha value is -2.17. The van der Waals surface area contributed by atoms with Crippen LogP contribution in [0.2, 0.25) is 0 Å². The number of anilines is 1. The van der Waals surface area contributed by atoms with E-state index in [4.69, 9.17) is 0 Å². The SMILES string of the molecule is CN1c2ccccc2CN(C2CCN(Cc3ccccc3)CC2)C1C=O. The molecule has 2 aliphatic heterocycles. The summed E-state index contributed by atoms with van der Waals surface area (Å²) in [7, 11) is 2.04. The fourth-order valence-corrected chi connectivity index (χ4v) is 4.41. The highest BCUT2D eigenvalue weighted by atomic mass is 16.1. The van der Waals surface area contributed by atoms with Crippen LogP contribution in [0.15, 0.2) is 54.6 Å². The molecule has 4 heteroatoms. The molecule has 0 radical (unpaired) electrons. The number of hydrogen-bond acceptors (Lipinski definition) is 4. The molecule has 2 aliphatic rings. The van der Waals surface area contributed by atoms with E-state index in [0.717, 1.165) is 45.3 Å². The fourth-order valence-electron chi connectivity index (χ4n) is 4.41. The van der Waals surface area contributed by atoms with E-state index < -0.39 is 0 Å². The van der Waals surface area contributed by atoms with Crippen LogP contribution in [-0.4, -0.2) is 48.4 Å². The second-order valence-electron chi connectivity index (χ2n) is 7.45. The summed E-state index contributed by atoms with van der Waals surface area (Å²) < 4.78 is 0. The number of benzene rings is 2. The van der Waals surface area contributed by atoms with Crippen LogP contribution >= 0.6 is 0 Å². The normalized spacial score (nSPS) is 22.2. The van der Waals surface area contributed by atoms with Gasteiger partial charge >= 0.3 is 0 Å². The molecule has 1 unspecified atom stereocenters. The summed E-state index contributed by atoms with van der Waals surface area (Å²) in [4.78, 5) is 18.9. The predicted molar refractivity (Wildman–Crippen MR) is 105 cm³/mol. The van der Waals surface area contributed by atoms with Crippen LogP contribution in [0.1, 0.15) is 24.0 Å². The Morgan fingerprint density at radius 1 is 1.00 bits per heavy atom. The van der Waals surface area contributed by atoms with E-state index in [-0.39, 0.29) is 6.17 Å².